The highest BCUT2D eigenvalue weighted by molar-refractivity contribution is 9.08. The highest BCUT2D eigenvalue weighted by atomic mass is 79.9. The molecule has 1 atom stereocenters. The third-order valence-electron chi connectivity index (χ3n) is 2.77. The zero-order chi connectivity index (χ0) is 12.0. The van der Waals surface area contributed by atoms with Gasteiger partial charge >= 0.3 is 0 Å². The molecule has 0 N–H and O–H groups in total. The van der Waals surface area contributed by atoms with Gasteiger partial charge in [0.1, 0.15) is 11.6 Å². The lowest BCUT2D eigenvalue weighted by Crippen LogP contribution is -2.13. The van der Waals surface area contributed by atoms with E-state index in [4.69, 9.17) is 4.74 Å². The highest BCUT2D eigenvalue weighted by Crippen LogP contribution is 2.13. The number of rotatable bonds is 7. The Balaban J connectivity index is 2.77. The fourth-order valence-electron chi connectivity index (χ4n) is 1.52. The van der Waals surface area contributed by atoms with E-state index in [9.17, 15) is 0 Å². The fourth-order valence-corrected chi connectivity index (χ4v) is 1.93. The van der Waals surface area contributed by atoms with Crippen LogP contribution in [0.25, 0.3) is 0 Å². The number of hydrogen-bond acceptors (Lipinski definition) is 3. The van der Waals surface area contributed by atoms with E-state index < -0.39 is 0 Å². The molecule has 1 unspecified atom stereocenters. The van der Waals surface area contributed by atoms with Crippen LogP contribution in [-0.2, 0) is 23.0 Å². The van der Waals surface area contributed by atoms with Crippen LogP contribution < -0.4 is 0 Å². The highest BCUT2D eigenvalue weighted by Gasteiger charge is 2.12. The molecule has 0 aromatic carbocycles. The van der Waals surface area contributed by atoms with Crippen molar-refractivity contribution in [3.8, 4) is 0 Å². The summed E-state index contributed by atoms with van der Waals surface area (Å²) in [4.78, 5) is 0. The first-order chi connectivity index (χ1) is 7.72. The summed E-state index contributed by atoms with van der Waals surface area (Å²) in [5, 5.41) is 9.18. The first-order valence-electron chi connectivity index (χ1n) is 5.68. The predicted molar refractivity (Wildman–Crippen MR) is 67.7 cm³/mol. The van der Waals surface area contributed by atoms with Gasteiger partial charge in [0.05, 0.1) is 11.9 Å². The molecular formula is C11H20BrN3O. The normalized spacial score (nSPS) is 13.0. The van der Waals surface area contributed by atoms with Crippen LogP contribution in [0.2, 0.25) is 0 Å². The molecule has 1 aromatic heterocycles. The Hall–Kier alpha value is -0.420. The van der Waals surface area contributed by atoms with Crippen molar-refractivity contribution in [1.29, 1.82) is 0 Å². The maximum Gasteiger partial charge on any atom is 0.143 e. The Kier molecular flexibility index (Phi) is 5.98. The maximum absolute atomic E-state index is 5.11. The Morgan fingerprint density at radius 1 is 1.38 bits per heavy atom. The molecule has 0 aliphatic heterocycles. The van der Waals surface area contributed by atoms with E-state index in [1.54, 1.807) is 7.11 Å². The summed E-state index contributed by atoms with van der Waals surface area (Å²) >= 11 is 3.43. The molecule has 0 saturated carbocycles. The van der Waals surface area contributed by atoms with E-state index in [0.29, 0.717) is 12.5 Å². The van der Waals surface area contributed by atoms with Crippen LogP contribution in [0.1, 0.15) is 31.9 Å². The van der Waals surface area contributed by atoms with Crippen molar-refractivity contribution in [3.63, 3.8) is 0 Å². The molecule has 1 rings (SSSR count). The Morgan fingerprint density at radius 3 is 2.62 bits per heavy atom. The van der Waals surface area contributed by atoms with Crippen LogP contribution in [0, 0.1) is 5.92 Å². The minimum Gasteiger partial charge on any atom is -0.383 e. The first-order valence-corrected chi connectivity index (χ1v) is 6.80. The number of nitrogens with zero attached hydrogens (tertiary/aromatic N) is 3. The quantitative estimate of drug-likeness (QED) is 0.724. The monoisotopic (exact) mass is 289 g/mol. The molecule has 0 saturated heterocycles. The van der Waals surface area contributed by atoms with Crippen molar-refractivity contribution in [2.75, 3.05) is 13.7 Å². The SMILES string of the molecule is CCC(C)Cc1nnc(CBr)n1CCOC. The van der Waals surface area contributed by atoms with E-state index in [-0.39, 0.29) is 0 Å². The minimum atomic E-state index is 0.647. The molecule has 0 spiro atoms. The van der Waals surface area contributed by atoms with Crippen LogP contribution in [-0.4, -0.2) is 28.5 Å². The standard InChI is InChI=1S/C11H20BrN3O/c1-4-9(2)7-10-13-14-11(8-12)15(10)5-6-16-3/h9H,4-8H2,1-3H3. The summed E-state index contributed by atoms with van der Waals surface area (Å²) < 4.78 is 7.27. The molecule has 0 amide bonds. The summed E-state index contributed by atoms with van der Waals surface area (Å²) in [7, 11) is 1.71. The molecule has 4 nitrogen and oxygen atoms in total. The van der Waals surface area contributed by atoms with Crippen LogP contribution in [0.4, 0.5) is 0 Å². The maximum atomic E-state index is 5.11. The number of methoxy groups -OCH3 is 1. The molecule has 1 aromatic rings. The molecule has 0 aliphatic rings. The second-order valence-electron chi connectivity index (χ2n) is 4.03. The van der Waals surface area contributed by atoms with Gasteiger partial charge in [-0.3, -0.25) is 0 Å². The molecule has 92 valence electrons. The van der Waals surface area contributed by atoms with E-state index in [1.807, 2.05) is 0 Å². The van der Waals surface area contributed by atoms with Gasteiger partial charge in [-0.1, -0.05) is 36.2 Å². The lowest BCUT2D eigenvalue weighted by molar-refractivity contribution is 0.185. The van der Waals surface area contributed by atoms with Crippen molar-refractivity contribution < 1.29 is 4.74 Å². The van der Waals surface area contributed by atoms with Crippen molar-refractivity contribution in [3.05, 3.63) is 11.6 Å². The first kappa shape index (κ1) is 13.6. The van der Waals surface area contributed by atoms with Gasteiger partial charge in [-0.05, 0) is 5.92 Å². The van der Waals surface area contributed by atoms with Gasteiger partial charge < -0.3 is 9.30 Å². The average molecular weight is 290 g/mol. The van der Waals surface area contributed by atoms with E-state index in [2.05, 4.69) is 44.5 Å². The second-order valence-corrected chi connectivity index (χ2v) is 4.59. The Bertz CT molecular complexity index is 314. The number of aromatic nitrogens is 3. The summed E-state index contributed by atoms with van der Waals surface area (Å²) in [6.07, 6.45) is 2.15. The van der Waals surface area contributed by atoms with E-state index >= 15 is 0 Å². The topological polar surface area (TPSA) is 39.9 Å². The third-order valence-corrected chi connectivity index (χ3v) is 3.27. The third kappa shape index (κ3) is 3.56. The summed E-state index contributed by atoms with van der Waals surface area (Å²) in [5.74, 6) is 2.70. The molecule has 0 bridgehead atoms. The van der Waals surface area contributed by atoms with Gasteiger partial charge in [0, 0.05) is 20.1 Å². The average Bonchev–Trinajstić information content (AvgIpc) is 2.68. The van der Waals surface area contributed by atoms with Gasteiger partial charge in [0.25, 0.3) is 0 Å². The van der Waals surface area contributed by atoms with Crippen LogP contribution in [0.15, 0.2) is 0 Å². The van der Waals surface area contributed by atoms with Crippen molar-refractivity contribution in [2.24, 2.45) is 5.92 Å². The number of halogens is 1. The lowest BCUT2D eigenvalue weighted by atomic mass is 10.1. The van der Waals surface area contributed by atoms with Crippen molar-refractivity contribution >= 4 is 15.9 Å². The molecule has 1 heterocycles. The van der Waals surface area contributed by atoms with Gasteiger partial charge in [-0.25, -0.2) is 0 Å². The summed E-state index contributed by atoms with van der Waals surface area (Å²) in [6.45, 7) is 5.97. The number of hydrogen-bond donors (Lipinski definition) is 0. The van der Waals surface area contributed by atoms with Gasteiger partial charge in [0.2, 0.25) is 0 Å². The molecular weight excluding hydrogens is 270 g/mol. The van der Waals surface area contributed by atoms with Gasteiger partial charge in [-0.2, -0.15) is 0 Å². The Morgan fingerprint density at radius 2 is 2.06 bits per heavy atom. The van der Waals surface area contributed by atoms with Crippen LogP contribution in [0.5, 0.6) is 0 Å². The van der Waals surface area contributed by atoms with Gasteiger partial charge in [-0.15, -0.1) is 10.2 Å². The van der Waals surface area contributed by atoms with Crippen LogP contribution >= 0.6 is 15.9 Å². The fraction of sp³-hybridized carbons (Fsp3) is 0.818. The molecule has 5 heteroatoms. The smallest absolute Gasteiger partial charge is 0.143 e. The molecule has 16 heavy (non-hydrogen) atoms. The van der Waals surface area contributed by atoms with E-state index in [1.165, 1.54) is 6.42 Å². The van der Waals surface area contributed by atoms with Crippen LogP contribution in [0.3, 0.4) is 0 Å². The Labute approximate surface area is 106 Å². The van der Waals surface area contributed by atoms with Crippen molar-refractivity contribution in [1.82, 2.24) is 14.8 Å². The molecule has 0 radical (unpaired) electrons. The van der Waals surface area contributed by atoms with Crippen molar-refractivity contribution in [2.45, 2.75) is 38.6 Å². The second kappa shape index (κ2) is 7.01. The molecule has 0 aliphatic carbocycles. The largest absolute Gasteiger partial charge is 0.383 e. The van der Waals surface area contributed by atoms with Gasteiger partial charge in [0.15, 0.2) is 0 Å². The number of alkyl halides is 1. The summed E-state index contributed by atoms with van der Waals surface area (Å²) in [6, 6.07) is 0. The predicted octanol–water partition coefficient (Wildman–Crippen LogP) is 2.41. The molecule has 0 fully saturated rings. The summed E-state index contributed by atoms with van der Waals surface area (Å²) in [5.41, 5.74) is 0. The zero-order valence-electron chi connectivity index (χ0n) is 10.2. The minimum absolute atomic E-state index is 0.647. The lowest BCUT2D eigenvalue weighted by Gasteiger charge is -2.11. The van der Waals surface area contributed by atoms with E-state index in [0.717, 1.165) is 29.9 Å². The zero-order valence-corrected chi connectivity index (χ0v) is 11.8. The number of ether oxygens (including phenoxy) is 1.